The maximum atomic E-state index is 11.6. The Labute approximate surface area is 126 Å². The number of esters is 1. The Morgan fingerprint density at radius 2 is 1.81 bits per heavy atom. The molecule has 5 nitrogen and oxygen atoms in total. The van der Waals surface area contributed by atoms with Gasteiger partial charge >= 0.3 is 5.97 Å². The van der Waals surface area contributed by atoms with E-state index in [-0.39, 0.29) is 12.8 Å². The Balaban J connectivity index is 2.19. The molecule has 1 aromatic rings. The summed E-state index contributed by atoms with van der Waals surface area (Å²) in [5.41, 5.74) is 1.01. The summed E-state index contributed by atoms with van der Waals surface area (Å²) in [5, 5.41) is 0. The first-order valence-electron chi connectivity index (χ1n) is 7.01. The fraction of sp³-hybridized carbons (Fsp3) is 0.562. The highest BCUT2D eigenvalue weighted by atomic mass is 16.7. The molecule has 0 radical (unpaired) electrons. The average molecular weight is 296 g/mol. The number of methoxy groups -OCH3 is 1. The van der Waals surface area contributed by atoms with Gasteiger partial charge in [-0.05, 0) is 30.5 Å². The molecule has 0 aliphatic heterocycles. The molecule has 0 aromatic heterocycles. The van der Waals surface area contributed by atoms with Gasteiger partial charge < -0.3 is 18.9 Å². The van der Waals surface area contributed by atoms with Gasteiger partial charge in [-0.1, -0.05) is 26.0 Å². The van der Waals surface area contributed by atoms with Crippen LogP contribution in [0.15, 0.2) is 24.3 Å². The second-order valence-corrected chi connectivity index (χ2v) is 5.15. The molecule has 0 aliphatic carbocycles. The molecule has 0 saturated carbocycles. The van der Waals surface area contributed by atoms with Crippen LogP contribution in [-0.4, -0.2) is 32.6 Å². The number of rotatable bonds is 9. The van der Waals surface area contributed by atoms with Crippen molar-refractivity contribution in [2.75, 3.05) is 20.5 Å². The van der Waals surface area contributed by atoms with Crippen molar-refractivity contribution in [1.29, 1.82) is 0 Å². The van der Waals surface area contributed by atoms with Gasteiger partial charge in [0, 0.05) is 0 Å². The van der Waals surface area contributed by atoms with Crippen molar-refractivity contribution >= 4 is 5.97 Å². The molecule has 0 unspecified atom stereocenters. The number of hydrogen-bond acceptors (Lipinski definition) is 5. The normalized spacial score (nSPS) is 12.2. The second-order valence-electron chi connectivity index (χ2n) is 5.15. The lowest BCUT2D eigenvalue weighted by Crippen LogP contribution is -2.25. The highest BCUT2D eigenvalue weighted by molar-refractivity contribution is 5.74. The Bertz CT molecular complexity index is 413. The minimum absolute atomic E-state index is 0.0456. The third-order valence-electron chi connectivity index (χ3n) is 2.72. The molecule has 118 valence electrons. The number of benzene rings is 1. The Hall–Kier alpha value is -1.59. The maximum Gasteiger partial charge on any atom is 0.335 e. The lowest BCUT2D eigenvalue weighted by molar-refractivity contribution is -0.167. The first-order valence-corrected chi connectivity index (χ1v) is 7.01. The summed E-state index contributed by atoms with van der Waals surface area (Å²) in [6.07, 6.45) is -0.625. The highest BCUT2D eigenvalue weighted by Crippen LogP contribution is 2.12. The van der Waals surface area contributed by atoms with Crippen molar-refractivity contribution in [2.45, 2.75) is 33.5 Å². The summed E-state index contributed by atoms with van der Waals surface area (Å²) in [7, 11) is 1.62. The van der Waals surface area contributed by atoms with Crippen LogP contribution >= 0.6 is 0 Å². The van der Waals surface area contributed by atoms with Gasteiger partial charge in [-0.2, -0.15) is 0 Å². The van der Waals surface area contributed by atoms with Crippen molar-refractivity contribution < 1.29 is 23.7 Å². The van der Waals surface area contributed by atoms with Crippen LogP contribution in [0.4, 0.5) is 0 Å². The lowest BCUT2D eigenvalue weighted by atomic mass is 10.2. The van der Waals surface area contributed by atoms with E-state index in [0.717, 1.165) is 11.3 Å². The van der Waals surface area contributed by atoms with Crippen LogP contribution in [0.2, 0.25) is 0 Å². The summed E-state index contributed by atoms with van der Waals surface area (Å²) in [6.45, 7) is 6.48. The first kappa shape index (κ1) is 17.5. The molecule has 0 aliphatic rings. The average Bonchev–Trinajstić information content (AvgIpc) is 2.49. The van der Waals surface area contributed by atoms with Crippen LogP contribution in [0.25, 0.3) is 0 Å². The van der Waals surface area contributed by atoms with Crippen molar-refractivity contribution in [3.63, 3.8) is 0 Å². The molecule has 0 N–H and O–H groups in total. The van der Waals surface area contributed by atoms with Crippen LogP contribution in [0, 0.1) is 5.92 Å². The van der Waals surface area contributed by atoms with Crippen LogP contribution in [0.3, 0.4) is 0 Å². The number of hydrogen-bond donors (Lipinski definition) is 0. The summed E-state index contributed by atoms with van der Waals surface area (Å²) in [6, 6.07) is 7.56. The van der Waals surface area contributed by atoms with Crippen molar-refractivity contribution in [2.24, 2.45) is 5.92 Å². The van der Waals surface area contributed by atoms with E-state index in [9.17, 15) is 4.79 Å². The van der Waals surface area contributed by atoms with Gasteiger partial charge in [0.2, 0.25) is 0 Å². The Kier molecular flexibility index (Phi) is 7.79. The van der Waals surface area contributed by atoms with Crippen LogP contribution in [0.5, 0.6) is 5.75 Å². The molecule has 0 amide bonds. The molecule has 21 heavy (non-hydrogen) atoms. The van der Waals surface area contributed by atoms with Crippen molar-refractivity contribution in [3.8, 4) is 5.75 Å². The molecule has 5 heteroatoms. The van der Waals surface area contributed by atoms with Crippen LogP contribution < -0.4 is 4.74 Å². The zero-order valence-electron chi connectivity index (χ0n) is 13.1. The Morgan fingerprint density at radius 3 is 2.38 bits per heavy atom. The summed E-state index contributed by atoms with van der Waals surface area (Å²) in [5.74, 6) is 0.751. The van der Waals surface area contributed by atoms with E-state index in [4.69, 9.17) is 18.9 Å². The standard InChI is InChI=1S/C16H24O5/c1-12(2)9-20-16(17)13(3)21-11-19-10-14-5-7-15(18-4)8-6-14/h5-8,12-13H,9-11H2,1-4H3/t13-/m1/s1. The number of ether oxygens (including phenoxy) is 4. The quantitative estimate of drug-likeness (QED) is 0.398. The maximum absolute atomic E-state index is 11.6. The fourth-order valence-electron chi connectivity index (χ4n) is 1.47. The molecule has 0 spiro atoms. The molecule has 0 heterocycles. The van der Waals surface area contributed by atoms with E-state index < -0.39 is 6.10 Å². The smallest absolute Gasteiger partial charge is 0.335 e. The first-order chi connectivity index (χ1) is 10.0. The van der Waals surface area contributed by atoms with E-state index in [1.54, 1.807) is 14.0 Å². The summed E-state index contributed by atoms with van der Waals surface area (Å²) < 4.78 is 20.8. The largest absolute Gasteiger partial charge is 0.497 e. The van der Waals surface area contributed by atoms with E-state index in [1.165, 1.54) is 0 Å². The number of carbonyl (C=O) groups is 1. The van der Waals surface area contributed by atoms with Gasteiger partial charge in [-0.25, -0.2) is 4.79 Å². The van der Waals surface area contributed by atoms with Gasteiger partial charge in [0.25, 0.3) is 0 Å². The lowest BCUT2D eigenvalue weighted by Gasteiger charge is -2.14. The molecule has 1 rings (SSSR count). The fourth-order valence-corrected chi connectivity index (χ4v) is 1.47. The van der Waals surface area contributed by atoms with E-state index in [0.29, 0.717) is 19.1 Å². The van der Waals surface area contributed by atoms with Gasteiger partial charge in [0.05, 0.1) is 20.3 Å². The van der Waals surface area contributed by atoms with E-state index >= 15 is 0 Å². The SMILES string of the molecule is COc1ccc(COCO[C@H](C)C(=O)OCC(C)C)cc1. The van der Waals surface area contributed by atoms with Crippen molar-refractivity contribution in [3.05, 3.63) is 29.8 Å². The monoisotopic (exact) mass is 296 g/mol. The summed E-state index contributed by atoms with van der Waals surface area (Å²) >= 11 is 0. The highest BCUT2D eigenvalue weighted by Gasteiger charge is 2.15. The molecular formula is C16H24O5. The van der Waals surface area contributed by atoms with Gasteiger partial charge in [0.1, 0.15) is 12.5 Å². The van der Waals surface area contributed by atoms with E-state index in [1.807, 2.05) is 38.1 Å². The third kappa shape index (κ3) is 7.11. The van der Waals surface area contributed by atoms with Gasteiger partial charge in [-0.15, -0.1) is 0 Å². The third-order valence-corrected chi connectivity index (χ3v) is 2.72. The van der Waals surface area contributed by atoms with Gasteiger partial charge in [-0.3, -0.25) is 0 Å². The zero-order valence-corrected chi connectivity index (χ0v) is 13.1. The zero-order chi connectivity index (χ0) is 15.7. The van der Waals surface area contributed by atoms with Crippen LogP contribution in [0.1, 0.15) is 26.3 Å². The topological polar surface area (TPSA) is 54.0 Å². The second kappa shape index (κ2) is 9.37. The number of carbonyl (C=O) groups excluding carboxylic acids is 1. The molecular weight excluding hydrogens is 272 g/mol. The molecule has 0 saturated heterocycles. The minimum Gasteiger partial charge on any atom is -0.497 e. The minimum atomic E-state index is -0.625. The molecule has 0 bridgehead atoms. The van der Waals surface area contributed by atoms with Crippen molar-refractivity contribution in [1.82, 2.24) is 0 Å². The summed E-state index contributed by atoms with van der Waals surface area (Å²) in [4.78, 5) is 11.6. The molecule has 0 fully saturated rings. The molecule has 1 aromatic carbocycles. The molecule has 1 atom stereocenters. The van der Waals surface area contributed by atoms with Gasteiger partial charge in [0.15, 0.2) is 6.10 Å². The van der Waals surface area contributed by atoms with Crippen LogP contribution in [-0.2, 0) is 25.6 Å². The predicted octanol–water partition coefficient (Wildman–Crippen LogP) is 2.77. The van der Waals surface area contributed by atoms with E-state index in [2.05, 4.69) is 0 Å². The predicted molar refractivity (Wildman–Crippen MR) is 79.0 cm³/mol. The Morgan fingerprint density at radius 1 is 1.14 bits per heavy atom.